The van der Waals surface area contributed by atoms with Crippen LogP contribution >= 0.6 is 34.8 Å². The molecule has 6 rings (SSSR count). The van der Waals surface area contributed by atoms with Gasteiger partial charge in [0.25, 0.3) is 0 Å². The first-order chi connectivity index (χ1) is 20.7. The number of quaternary nitrogens is 1. The zero-order valence-electron chi connectivity index (χ0n) is 24.7. The predicted octanol–water partition coefficient (Wildman–Crippen LogP) is 6.64. The maximum atomic E-state index is 13.9. The zero-order chi connectivity index (χ0) is 31.5. The maximum absolute atomic E-state index is 13.9. The minimum atomic E-state index is -4.22. The monoisotopic (exact) mass is 681 g/mol. The Morgan fingerprint density at radius 1 is 1.05 bits per heavy atom. The Morgan fingerprint density at radius 2 is 1.73 bits per heavy atom. The lowest BCUT2D eigenvalue weighted by Crippen LogP contribution is -2.64. The third-order valence-corrected chi connectivity index (χ3v) is 12.4. The molecule has 236 valence electrons. The molecule has 2 saturated carbocycles. The Labute approximate surface area is 273 Å². The number of ketones is 1. The summed E-state index contributed by atoms with van der Waals surface area (Å²) < 4.78 is 32.8. The number of amides is 1. The molecule has 3 atom stereocenters. The van der Waals surface area contributed by atoms with Gasteiger partial charge in [0.1, 0.15) is 24.6 Å². The first kappa shape index (κ1) is 31.8. The minimum Gasteiger partial charge on any atom is -0.299 e. The van der Waals surface area contributed by atoms with E-state index in [1.54, 1.807) is 35.3 Å². The molecule has 2 aromatic carbocycles. The predicted molar refractivity (Wildman–Crippen MR) is 171 cm³/mol. The van der Waals surface area contributed by atoms with Gasteiger partial charge in [0.15, 0.2) is 0 Å². The smallest absolute Gasteiger partial charge is 0.299 e. The fourth-order valence-corrected chi connectivity index (χ4v) is 10.2. The van der Waals surface area contributed by atoms with Gasteiger partial charge in [-0.3, -0.25) is 14.6 Å². The number of benzene rings is 2. The third-order valence-electron chi connectivity index (χ3n) is 10.2. The van der Waals surface area contributed by atoms with Gasteiger partial charge in [0.2, 0.25) is 0 Å². The SMILES string of the molecule is CC1(C)C2CCC1(CS(=O)(=O)O[N+]1(NC(=O)C3=NN(c4ccc(Cl)cc4Cl)[C@H](c4ccc(Cl)cc4)C3)CCCCC1)C(=O)C2. The number of hydrogen-bond donors (Lipinski definition) is 1. The highest BCUT2D eigenvalue weighted by Crippen LogP contribution is 2.64. The normalized spacial score (nSPS) is 27.4. The van der Waals surface area contributed by atoms with Gasteiger partial charge in [0.05, 0.1) is 27.9 Å². The molecule has 1 amide bonds. The Hall–Kier alpha value is -2.21. The minimum absolute atomic E-state index is 0.00495. The summed E-state index contributed by atoms with van der Waals surface area (Å²) in [5, 5.41) is 7.77. The highest BCUT2D eigenvalue weighted by Gasteiger charge is 2.66. The fourth-order valence-electron chi connectivity index (χ4n) is 7.61. The van der Waals surface area contributed by atoms with Crippen molar-refractivity contribution in [1.29, 1.82) is 0 Å². The van der Waals surface area contributed by atoms with Crippen molar-refractivity contribution in [3.05, 3.63) is 63.1 Å². The van der Waals surface area contributed by atoms with E-state index in [4.69, 9.17) is 39.1 Å². The first-order valence-corrected chi connectivity index (χ1v) is 17.7. The van der Waals surface area contributed by atoms with Crippen molar-refractivity contribution in [2.45, 2.75) is 64.8 Å². The molecule has 44 heavy (non-hydrogen) atoms. The van der Waals surface area contributed by atoms with Crippen LogP contribution in [0.3, 0.4) is 0 Å². The van der Waals surface area contributed by atoms with Gasteiger partial charge in [-0.15, -0.1) is 0 Å². The summed E-state index contributed by atoms with van der Waals surface area (Å²) in [6, 6.07) is 11.9. The molecular weight excluding hydrogens is 647 g/mol. The molecule has 13 heteroatoms. The van der Waals surface area contributed by atoms with Crippen LogP contribution in [-0.4, -0.2) is 49.4 Å². The summed E-state index contributed by atoms with van der Waals surface area (Å²) in [5.41, 5.74) is 3.11. The molecule has 2 unspecified atom stereocenters. The molecule has 0 radical (unpaired) electrons. The van der Waals surface area contributed by atoms with Crippen molar-refractivity contribution >= 4 is 68.0 Å². The van der Waals surface area contributed by atoms with Crippen LogP contribution < -0.4 is 10.4 Å². The van der Waals surface area contributed by atoms with E-state index in [1.807, 2.05) is 26.0 Å². The number of carbonyl (C=O) groups excluding carboxylic acids is 2. The lowest BCUT2D eigenvalue weighted by Gasteiger charge is -2.39. The standard InChI is InChI=1S/C31H35Cl3N4O5S/c1-30(2)21-12-13-31(30,28(39)16-21)19-44(41,42)43-38(14-4-3-5-15-38)36-29(40)25-18-27(20-6-8-22(32)9-7-20)37(35-25)26-11-10-23(33)17-24(26)34/h6-11,17,21,27H,3-5,12-16,18-19H2,1-2H3/p+1/t21?,27-,31?/m0/s1. The molecule has 1 N–H and O–H groups in total. The Bertz CT molecular complexity index is 1630. The lowest BCUT2D eigenvalue weighted by molar-refractivity contribution is -1.11. The number of carbonyl (C=O) groups is 2. The Kier molecular flexibility index (Phi) is 8.33. The molecule has 3 fully saturated rings. The van der Waals surface area contributed by atoms with E-state index in [1.165, 1.54) is 0 Å². The van der Waals surface area contributed by atoms with Crippen LogP contribution in [0.4, 0.5) is 5.69 Å². The van der Waals surface area contributed by atoms with Crippen molar-refractivity contribution in [2.75, 3.05) is 23.9 Å². The molecule has 2 bridgehead atoms. The van der Waals surface area contributed by atoms with Crippen molar-refractivity contribution < 1.29 is 27.0 Å². The summed E-state index contributed by atoms with van der Waals surface area (Å²) in [5.74, 6) is -0.755. The zero-order valence-corrected chi connectivity index (χ0v) is 27.8. The van der Waals surface area contributed by atoms with Crippen LogP contribution in [0.25, 0.3) is 0 Å². The Balaban J connectivity index is 1.27. The van der Waals surface area contributed by atoms with Crippen molar-refractivity contribution in [2.24, 2.45) is 21.8 Å². The lowest BCUT2D eigenvalue weighted by atomic mass is 9.70. The number of nitrogens with one attached hydrogen (secondary N) is 1. The average molecular weight is 683 g/mol. The van der Waals surface area contributed by atoms with Crippen LogP contribution in [0, 0.1) is 16.7 Å². The van der Waals surface area contributed by atoms with Gasteiger partial charge in [-0.25, -0.2) is 0 Å². The van der Waals surface area contributed by atoms with Crippen molar-refractivity contribution in [3.63, 3.8) is 0 Å². The van der Waals surface area contributed by atoms with Crippen LogP contribution in [0.15, 0.2) is 47.6 Å². The molecule has 2 aromatic rings. The van der Waals surface area contributed by atoms with Gasteiger partial charge < -0.3 is 0 Å². The second-order valence-corrected chi connectivity index (χ2v) is 15.9. The summed E-state index contributed by atoms with van der Waals surface area (Å²) in [4.78, 5) is 27.0. The van der Waals surface area contributed by atoms with Gasteiger partial charge in [-0.2, -0.15) is 18.9 Å². The molecule has 2 aliphatic heterocycles. The number of piperidine rings is 1. The van der Waals surface area contributed by atoms with Crippen LogP contribution in [0.1, 0.15) is 70.4 Å². The second-order valence-electron chi connectivity index (χ2n) is 13.0. The van der Waals surface area contributed by atoms with Crippen molar-refractivity contribution in [3.8, 4) is 0 Å². The van der Waals surface area contributed by atoms with E-state index in [-0.39, 0.29) is 48.7 Å². The van der Waals surface area contributed by atoms with Crippen LogP contribution in [-0.2, 0) is 24.0 Å². The van der Waals surface area contributed by atoms with Crippen LogP contribution in [0.2, 0.25) is 15.1 Å². The Morgan fingerprint density at radius 3 is 2.34 bits per heavy atom. The number of anilines is 1. The third kappa shape index (κ3) is 5.67. The number of nitrogens with zero attached hydrogens (tertiary/aromatic N) is 3. The van der Waals surface area contributed by atoms with Crippen molar-refractivity contribution in [1.82, 2.24) is 5.43 Å². The van der Waals surface area contributed by atoms with Gasteiger partial charge in [0, 0.05) is 35.7 Å². The number of hydroxylamine groups is 2. The quantitative estimate of drug-likeness (QED) is 0.313. The van der Waals surface area contributed by atoms with E-state index in [2.05, 4.69) is 10.5 Å². The number of Topliss-reactive ketones (excluding diaryl/α,β-unsaturated/α-hetero) is 1. The molecular formula is C31H36Cl3N4O5S+. The highest BCUT2D eigenvalue weighted by molar-refractivity contribution is 7.86. The number of hydrogen-bond acceptors (Lipinski definition) is 7. The topological polar surface area (TPSA) is 105 Å². The van der Waals surface area contributed by atoms with E-state index < -0.39 is 31.6 Å². The molecule has 2 heterocycles. The molecule has 0 aromatic heterocycles. The largest absolute Gasteiger partial charge is 0.318 e. The van der Waals surface area contributed by atoms with E-state index in [9.17, 15) is 18.0 Å². The first-order valence-electron chi connectivity index (χ1n) is 15.0. The number of hydrazone groups is 1. The second kappa shape index (κ2) is 11.5. The maximum Gasteiger partial charge on any atom is 0.318 e. The molecule has 2 aliphatic carbocycles. The van der Waals surface area contributed by atoms with Gasteiger partial charge in [-0.1, -0.05) is 65.5 Å². The fraction of sp³-hybridized carbons (Fsp3) is 0.516. The number of rotatable bonds is 8. The number of fused-ring (bicyclic) bond motifs is 2. The summed E-state index contributed by atoms with van der Waals surface area (Å²) in [7, 11) is -4.22. The van der Waals surface area contributed by atoms with E-state index >= 15 is 0 Å². The average Bonchev–Trinajstić information content (AvgIpc) is 3.54. The molecule has 4 aliphatic rings. The van der Waals surface area contributed by atoms with Gasteiger partial charge >= 0.3 is 16.0 Å². The summed E-state index contributed by atoms with van der Waals surface area (Å²) >= 11 is 18.8. The molecule has 1 saturated heterocycles. The summed E-state index contributed by atoms with van der Waals surface area (Å²) in [6.07, 6.45) is 4.21. The van der Waals surface area contributed by atoms with Gasteiger partial charge in [-0.05, 0) is 70.8 Å². The highest BCUT2D eigenvalue weighted by atomic mass is 35.5. The van der Waals surface area contributed by atoms with Crippen LogP contribution in [0.5, 0.6) is 0 Å². The number of halogens is 3. The molecule has 9 nitrogen and oxygen atoms in total. The molecule has 0 spiro atoms. The van der Waals surface area contributed by atoms with E-state index in [0.717, 1.165) is 18.4 Å². The summed E-state index contributed by atoms with van der Waals surface area (Å²) in [6.45, 7) is 4.54. The van der Waals surface area contributed by atoms with E-state index in [0.29, 0.717) is 46.4 Å².